The summed E-state index contributed by atoms with van der Waals surface area (Å²) in [6, 6.07) is 7.47. The van der Waals surface area contributed by atoms with Gasteiger partial charge >= 0.3 is 5.97 Å². The minimum Gasteiger partial charge on any atom is -0.455 e. The Labute approximate surface area is 146 Å². The third-order valence-corrected chi connectivity index (χ3v) is 4.99. The molecule has 2 rings (SSSR count). The van der Waals surface area contributed by atoms with Crippen molar-refractivity contribution < 1.29 is 14.3 Å². The second kappa shape index (κ2) is 9.83. The lowest BCUT2D eigenvalue weighted by molar-refractivity contribution is -0.146. The first kappa shape index (κ1) is 18.1. The van der Waals surface area contributed by atoms with Crippen molar-refractivity contribution in [3.8, 4) is 0 Å². The molecule has 0 unspecified atom stereocenters. The average Bonchev–Trinajstić information content (AvgIpc) is 2.81. The number of thioether (sulfide) groups is 1. The Balaban J connectivity index is 1.63. The molecule has 0 aromatic heterocycles. The number of hydrogen-bond acceptors (Lipinski definition) is 4. The maximum absolute atomic E-state index is 11.8. The van der Waals surface area contributed by atoms with Crippen molar-refractivity contribution in [2.24, 2.45) is 0 Å². The maximum Gasteiger partial charge on any atom is 0.316 e. The van der Waals surface area contributed by atoms with Crippen LogP contribution in [0.2, 0.25) is 5.02 Å². The molecule has 1 saturated carbocycles. The molecule has 0 radical (unpaired) electrons. The lowest BCUT2D eigenvalue weighted by Crippen LogP contribution is -2.37. The molecule has 1 N–H and O–H groups in total. The molecule has 0 spiro atoms. The van der Waals surface area contributed by atoms with Crippen LogP contribution >= 0.6 is 23.4 Å². The summed E-state index contributed by atoms with van der Waals surface area (Å²) >= 11 is 7.17. The summed E-state index contributed by atoms with van der Waals surface area (Å²) in [6.07, 6.45) is 6.83. The van der Waals surface area contributed by atoms with E-state index < -0.39 is 0 Å². The minimum atomic E-state index is -0.388. The van der Waals surface area contributed by atoms with Gasteiger partial charge in [0.15, 0.2) is 6.61 Å². The normalized spacial score (nSPS) is 15.7. The maximum atomic E-state index is 11.8. The van der Waals surface area contributed by atoms with Gasteiger partial charge in [-0.1, -0.05) is 37.3 Å². The van der Waals surface area contributed by atoms with Crippen LogP contribution in [0, 0.1) is 0 Å². The van der Waals surface area contributed by atoms with E-state index in [2.05, 4.69) is 5.32 Å². The molecule has 126 valence electrons. The van der Waals surface area contributed by atoms with Crippen LogP contribution in [0.5, 0.6) is 0 Å². The third-order valence-electron chi connectivity index (χ3n) is 3.75. The molecule has 0 bridgehead atoms. The van der Waals surface area contributed by atoms with E-state index in [-0.39, 0.29) is 30.3 Å². The largest absolute Gasteiger partial charge is 0.455 e. The molecule has 1 aromatic carbocycles. The van der Waals surface area contributed by atoms with Crippen molar-refractivity contribution in [2.45, 2.75) is 49.5 Å². The first-order valence-electron chi connectivity index (χ1n) is 7.97. The highest BCUT2D eigenvalue weighted by atomic mass is 35.5. The Morgan fingerprint density at radius 2 is 1.78 bits per heavy atom. The molecule has 0 saturated heterocycles. The van der Waals surface area contributed by atoms with E-state index in [1.807, 2.05) is 12.1 Å². The van der Waals surface area contributed by atoms with Crippen molar-refractivity contribution >= 4 is 35.2 Å². The van der Waals surface area contributed by atoms with Gasteiger partial charge in [0.1, 0.15) is 0 Å². The Hall–Kier alpha value is -1.20. The van der Waals surface area contributed by atoms with E-state index >= 15 is 0 Å². The summed E-state index contributed by atoms with van der Waals surface area (Å²) < 4.78 is 5.02. The van der Waals surface area contributed by atoms with Gasteiger partial charge in [-0.05, 0) is 37.1 Å². The standard InChI is InChI=1S/C17H22ClNO3S/c18-13-7-9-15(10-8-13)23-12-17(21)22-11-16(20)19-14-5-3-1-2-4-6-14/h7-10,14H,1-6,11-12H2,(H,19,20). The van der Waals surface area contributed by atoms with Gasteiger partial charge in [0, 0.05) is 16.0 Å². The fraction of sp³-hybridized carbons (Fsp3) is 0.529. The highest BCUT2D eigenvalue weighted by Crippen LogP contribution is 2.20. The van der Waals surface area contributed by atoms with E-state index in [1.165, 1.54) is 24.6 Å². The lowest BCUT2D eigenvalue weighted by Gasteiger charge is -2.16. The summed E-state index contributed by atoms with van der Waals surface area (Å²) in [6.45, 7) is -0.198. The summed E-state index contributed by atoms with van der Waals surface area (Å²) in [7, 11) is 0. The lowest BCUT2D eigenvalue weighted by atomic mass is 10.1. The van der Waals surface area contributed by atoms with Crippen LogP contribution in [0.1, 0.15) is 38.5 Å². The Morgan fingerprint density at radius 3 is 2.43 bits per heavy atom. The highest BCUT2D eigenvalue weighted by Gasteiger charge is 2.15. The number of carbonyl (C=O) groups is 2. The number of ether oxygens (including phenoxy) is 1. The molecule has 1 aromatic rings. The predicted molar refractivity (Wildman–Crippen MR) is 92.8 cm³/mol. The van der Waals surface area contributed by atoms with Gasteiger partial charge in [-0.25, -0.2) is 0 Å². The second-order valence-corrected chi connectivity index (χ2v) is 7.14. The van der Waals surface area contributed by atoms with Crippen molar-refractivity contribution in [1.82, 2.24) is 5.32 Å². The minimum absolute atomic E-state index is 0.179. The number of benzene rings is 1. The Bertz CT molecular complexity index is 513. The zero-order valence-electron chi connectivity index (χ0n) is 13.1. The van der Waals surface area contributed by atoms with Gasteiger partial charge in [0.05, 0.1) is 5.75 Å². The summed E-state index contributed by atoms with van der Waals surface area (Å²) in [5.41, 5.74) is 0. The van der Waals surface area contributed by atoms with Gasteiger partial charge in [-0.3, -0.25) is 9.59 Å². The van der Waals surface area contributed by atoms with E-state index in [4.69, 9.17) is 16.3 Å². The number of halogens is 1. The number of esters is 1. The Morgan fingerprint density at radius 1 is 1.13 bits per heavy atom. The molecule has 1 amide bonds. The van der Waals surface area contributed by atoms with Crippen LogP contribution < -0.4 is 5.32 Å². The molecule has 0 heterocycles. The quantitative estimate of drug-likeness (QED) is 0.479. The van der Waals surface area contributed by atoms with Crippen molar-refractivity contribution in [3.05, 3.63) is 29.3 Å². The predicted octanol–water partition coefficient (Wildman–Crippen LogP) is 3.81. The molecule has 0 atom stereocenters. The topological polar surface area (TPSA) is 55.4 Å². The first-order chi connectivity index (χ1) is 11.1. The summed E-state index contributed by atoms with van der Waals surface area (Å²) in [4.78, 5) is 24.5. The SMILES string of the molecule is O=C(COC(=O)CSc1ccc(Cl)cc1)NC1CCCCCC1. The first-order valence-corrected chi connectivity index (χ1v) is 9.33. The summed E-state index contributed by atoms with van der Waals surface area (Å²) in [5.74, 6) is -0.416. The van der Waals surface area contributed by atoms with Crippen molar-refractivity contribution in [1.29, 1.82) is 0 Å². The zero-order valence-corrected chi connectivity index (χ0v) is 14.6. The summed E-state index contributed by atoms with van der Waals surface area (Å²) in [5, 5.41) is 3.62. The smallest absolute Gasteiger partial charge is 0.316 e. The molecule has 6 heteroatoms. The van der Waals surface area contributed by atoms with E-state index in [0.717, 1.165) is 30.6 Å². The van der Waals surface area contributed by atoms with Crippen LogP contribution in [0.3, 0.4) is 0 Å². The van der Waals surface area contributed by atoms with Crippen LogP contribution in [-0.4, -0.2) is 30.3 Å². The Kier molecular flexibility index (Phi) is 7.76. The van der Waals surface area contributed by atoms with Gasteiger partial charge in [-0.15, -0.1) is 11.8 Å². The molecule has 4 nitrogen and oxygen atoms in total. The van der Waals surface area contributed by atoms with Crippen LogP contribution in [-0.2, 0) is 14.3 Å². The molecule has 1 fully saturated rings. The number of amides is 1. The van der Waals surface area contributed by atoms with E-state index in [0.29, 0.717) is 5.02 Å². The van der Waals surface area contributed by atoms with Gasteiger partial charge in [0.25, 0.3) is 5.91 Å². The van der Waals surface area contributed by atoms with E-state index in [9.17, 15) is 9.59 Å². The van der Waals surface area contributed by atoms with Gasteiger partial charge < -0.3 is 10.1 Å². The number of rotatable bonds is 6. The zero-order chi connectivity index (χ0) is 16.5. The molecule has 23 heavy (non-hydrogen) atoms. The number of hydrogen-bond donors (Lipinski definition) is 1. The fourth-order valence-corrected chi connectivity index (χ4v) is 3.38. The highest BCUT2D eigenvalue weighted by molar-refractivity contribution is 8.00. The van der Waals surface area contributed by atoms with Gasteiger partial charge in [0.2, 0.25) is 0 Å². The van der Waals surface area contributed by atoms with Crippen molar-refractivity contribution in [2.75, 3.05) is 12.4 Å². The molecule has 0 aliphatic heterocycles. The van der Waals surface area contributed by atoms with Crippen LogP contribution in [0.25, 0.3) is 0 Å². The monoisotopic (exact) mass is 355 g/mol. The average molecular weight is 356 g/mol. The molecular weight excluding hydrogens is 334 g/mol. The molecule has 1 aliphatic carbocycles. The number of carbonyl (C=O) groups excluding carboxylic acids is 2. The van der Waals surface area contributed by atoms with Gasteiger partial charge in [-0.2, -0.15) is 0 Å². The van der Waals surface area contributed by atoms with Crippen molar-refractivity contribution in [3.63, 3.8) is 0 Å². The molecule has 1 aliphatic rings. The fourth-order valence-electron chi connectivity index (χ4n) is 2.55. The molecular formula is C17H22ClNO3S. The van der Waals surface area contributed by atoms with E-state index in [1.54, 1.807) is 12.1 Å². The van der Waals surface area contributed by atoms with Crippen LogP contribution in [0.15, 0.2) is 29.2 Å². The third kappa shape index (κ3) is 7.27. The van der Waals surface area contributed by atoms with Crippen LogP contribution in [0.4, 0.5) is 0 Å². The second-order valence-electron chi connectivity index (χ2n) is 5.66. The number of nitrogens with one attached hydrogen (secondary N) is 1.